The summed E-state index contributed by atoms with van der Waals surface area (Å²) in [5, 5.41) is 2.63. The SMILES string of the molecule is O=CNC1C(=O)c2ccccc2Sc2ccccc21. The van der Waals surface area contributed by atoms with Crippen molar-refractivity contribution in [3.05, 3.63) is 59.7 Å². The van der Waals surface area contributed by atoms with E-state index in [1.54, 1.807) is 17.8 Å². The quantitative estimate of drug-likeness (QED) is 0.853. The fourth-order valence-electron chi connectivity index (χ4n) is 2.22. The van der Waals surface area contributed by atoms with Crippen LogP contribution in [0.2, 0.25) is 0 Å². The van der Waals surface area contributed by atoms with Gasteiger partial charge in [0.1, 0.15) is 6.04 Å². The molecule has 1 aliphatic heterocycles. The summed E-state index contributed by atoms with van der Waals surface area (Å²) in [4.78, 5) is 25.3. The molecule has 0 fully saturated rings. The first-order chi connectivity index (χ1) is 9.31. The van der Waals surface area contributed by atoms with Gasteiger partial charge in [-0.1, -0.05) is 48.2 Å². The third-order valence-corrected chi connectivity index (χ3v) is 4.27. The number of rotatable bonds is 2. The third kappa shape index (κ3) is 2.04. The van der Waals surface area contributed by atoms with Gasteiger partial charge in [0.2, 0.25) is 6.41 Å². The number of hydrogen-bond acceptors (Lipinski definition) is 3. The van der Waals surface area contributed by atoms with Gasteiger partial charge in [-0.3, -0.25) is 9.59 Å². The molecule has 0 radical (unpaired) electrons. The fourth-order valence-corrected chi connectivity index (χ4v) is 3.33. The molecule has 1 heterocycles. The Labute approximate surface area is 115 Å². The maximum absolute atomic E-state index is 12.6. The molecule has 2 aromatic carbocycles. The Morgan fingerprint density at radius 3 is 2.47 bits per heavy atom. The molecule has 0 bridgehead atoms. The average molecular weight is 269 g/mol. The lowest BCUT2D eigenvalue weighted by atomic mass is 9.98. The van der Waals surface area contributed by atoms with Crippen LogP contribution >= 0.6 is 11.8 Å². The van der Waals surface area contributed by atoms with Crippen LogP contribution in [0.25, 0.3) is 0 Å². The van der Waals surface area contributed by atoms with Crippen molar-refractivity contribution in [1.29, 1.82) is 0 Å². The smallest absolute Gasteiger partial charge is 0.207 e. The van der Waals surface area contributed by atoms with Gasteiger partial charge < -0.3 is 5.32 Å². The molecule has 94 valence electrons. The molecule has 3 nitrogen and oxygen atoms in total. The van der Waals surface area contributed by atoms with E-state index >= 15 is 0 Å². The number of ketones is 1. The van der Waals surface area contributed by atoms with Crippen LogP contribution in [0.3, 0.4) is 0 Å². The van der Waals surface area contributed by atoms with Crippen LogP contribution in [-0.4, -0.2) is 12.2 Å². The molecular weight excluding hydrogens is 258 g/mol. The van der Waals surface area contributed by atoms with Crippen LogP contribution in [0.4, 0.5) is 0 Å². The molecule has 0 aliphatic carbocycles. The van der Waals surface area contributed by atoms with E-state index in [0.717, 1.165) is 15.4 Å². The minimum Gasteiger partial charge on any atom is -0.344 e. The van der Waals surface area contributed by atoms with E-state index in [0.29, 0.717) is 12.0 Å². The lowest BCUT2D eigenvalue weighted by Crippen LogP contribution is -2.27. The minimum absolute atomic E-state index is 0.0693. The molecule has 3 rings (SSSR count). The minimum atomic E-state index is -0.607. The Balaban J connectivity index is 2.21. The van der Waals surface area contributed by atoms with Gasteiger partial charge >= 0.3 is 0 Å². The molecule has 1 atom stereocenters. The molecule has 0 aromatic heterocycles. The molecule has 1 amide bonds. The Morgan fingerprint density at radius 2 is 1.68 bits per heavy atom. The van der Waals surface area contributed by atoms with Crippen molar-refractivity contribution in [3.8, 4) is 0 Å². The first kappa shape index (κ1) is 12.0. The third-order valence-electron chi connectivity index (χ3n) is 3.10. The summed E-state index contributed by atoms with van der Waals surface area (Å²) < 4.78 is 0. The second-order valence-corrected chi connectivity index (χ2v) is 5.30. The number of fused-ring (bicyclic) bond motifs is 2. The summed E-state index contributed by atoms with van der Waals surface area (Å²) in [6.07, 6.45) is 0.581. The zero-order valence-electron chi connectivity index (χ0n) is 10.00. The molecule has 4 heteroatoms. The number of amides is 1. The van der Waals surface area contributed by atoms with E-state index in [1.807, 2.05) is 42.5 Å². The number of benzene rings is 2. The second kappa shape index (κ2) is 4.90. The normalized spacial score (nSPS) is 17.1. The van der Waals surface area contributed by atoms with Crippen molar-refractivity contribution in [2.45, 2.75) is 15.8 Å². The van der Waals surface area contributed by atoms with Gasteiger partial charge in [0.25, 0.3) is 0 Å². The number of carbonyl (C=O) groups excluding carboxylic acids is 2. The molecule has 1 aliphatic rings. The second-order valence-electron chi connectivity index (χ2n) is 4.22. The van der Waals surface area contributed by atoms with Crippen molar-refractivity contribution in [2.24, 2.45) is 0 Å². The predicted molar refractivity (Wildman–Crippen MR) is 73.3 cm³/mol. The lowest BCUT2D eigenvalue weighted by molar-refractivity contribution is -0.110. The highest BCUT2D eigenvalue weighted by Crippen LogP contribution is 2.40. The van der Waals surface area contributed by atoms with Crippen molar-refractivity contribution in [2.75, 3.05) is 0 Å². The first-order valence-corrected chi connectivity index (χ1v) is 6.72. The molecule has 0 saturated carbocycles. The van der Waals surface area contributed by atoms with E-state index in [4.69, 9.17) is 0 Å². The van der Waals surface area contributed by atoms with Crippen LogP contribution in [0.15, 0.2) is 58.3 Å². The van der Waals surface area contributed by atoms with Gasteiger partial charge in [-0.25, -0.2) is 0 Å². The highest BCUT2D eigenvalue weighted by atomic mass is 32.2. The summed E-state index contributed by atoms with van der Waals surface area (Å²) in [7, 11) is 0. The molecule has 19 heavy (non-hydrogen) atoms. The number of Topliss-reactive ketones (excluding diaryl/α,β-unsaturated/α-hetero) is 1. The standard InChI is InChI=1S/C15H11NO2S/c17-9-16-14-10-5-1-3-7-12(10)19-13-8-4-2-6-11(13)15(14)18/h1-9,14H,(H,16,17). The molecule has 2 aromatic rings. The highest BCUT2D eigenvalue weighted by Gasteiger charge is 2.29. The number of hydrogen-bond donors (Lipinski definition) is 1. The van der Waals surface area contributed by atoms with Crippen LogP contribution in [0.1, 0.15) is 22.0 Å². The van der Waals surface area contributed by atoms with Gasteiger partial charge in [0, 0.05) is 15.4 Å². The summed E-state index contributed by atoms with van der Waals surface area (Å²) in [6.45, 7) is 0. The Hall–Kier alpha value is -2.07. The van der Waals surface area contributed by atoms with Crippen molar-refractivity contribution in [3.63, 3.8) is 0 Å². The molecule has 0 saturated heterocycles. The summed E-state index contributed by atoms with van der Waals surface area (Å²) >= 11 is 1.56. The van der Waals surface area contributed by atoms with Crippen LogP contribution in [0, 0.1) is 0 Å². The van der Waals surface area contributed by atoms with Gasteiger partial charge in [-0.2, -0.15) is 0 Å². The van der Waals surface area contributed by atoms with Crippen LogP contribution in [0.5, 0.6) is 0 Å². The molecule has 1 unspecified atom stereocenters. The Morgan fingerprint density at radius 1 is 1.00 bits per heavy atom. The lowest BCUT2D eigenvalue weighted by Gasteiger charge is -2.14. The topological polar surface area (TPSA) is 46.2 Å². The van der Waals surface area contributed by atoms with Crippen LogP contribution < -0.4 is 5.32 Å². The fraction of sp³-hybridized carbons (Fsp3) is 0.0667. The monoisotopic (exact) mass is 269 g/mol. The van der Waals surface area contributed by atoms with E-state index in [-0.39, 0.29) is 5.78 Å². The average Bonchev–Trinajstić information content (AvgIpc) is 2.56. The van der Waals surface area contributed by atoms with Gasteiger partial charge in [-0.05, 0) is 17.7 Å². The molecular formula is C15H11NO2S. The largest absolute Gasteiger partial charge is 0.344 e. The zero-order chi connectivity index (χ0) is 13.2. The number of nitrogens with one attached hydrogen (secondary N) is 1. The maximum atomic E-state index is 12.6. The van der Waals surface area contributed by atoms with Gasteiger partial charge in [0.15, 0.2) is 5.78 Å². The van der Waals surface area contributed by atoms with E-state index in [9.17, 15) is 9.59 Å². The van der Waals surface area contributed by atoms with E-state index < -0.39 is 6.04 Å². The number of carbonyl (C=O) groups is 2. The summed E-state index contributed by atoms with van der Waals surface area (Å²) in [5.41, 5.74) is 1.50. The van der Waals surface area contributed by atoms with Crippen molar-refractivity contribution in [1.82, 2.24) is 5.32 Å². The van der Waals surface area contributed by atoms with Crippen molar-refractivity contribution >= 4 is 24.0 Å². The zero-order valence-corrected chi connectivity index (χ0v) is 10.8. The summed E-state index contributed by atoms with van der Waals surface area (Å²) in [5.74, 6) is -0.0693. The maximum Gasteiger partial charge on any atom is 0.207 e. The van der Waals surface area contributed by atoms with Gasteiger partial charge in [-0.15, -0.1) is 0 Å². The van der Waals surface area contributed by atoms with E-state index in [2.05, 4.69) is 5.32 Å². The first-order valence-electron chi connectivity index (χ1n) is 5.91. The van der Waals surface area contributed by atoms with Gasteiger partial charge in [0.05, 0.1) is 0 Å². The van der Waals surface area contributed by atoms with Crippen molar-refractivity contribution < 1.29 is 9.59 Å². The summed E-state index contributed by atoms with van der Waals surface area (Å²) in [6, 6.07) is 14.5. The Bertz CT molecular complexity index is 654. The van der Waals surface area contributed by atoms with E-state index in [1.165, 1.54) is 0 Å². The van der Waals surface area contributed by atoms with Crippen LogP contribution in [-0.2, 0) is 4.79 Å². The predicted octanol–water partition coefficient (Wildman–Crippen LogP) is 2.82. The molecule has 1 N–H and O–H groups in total. The highest BCUT2D eigenvalue weighted by molar-refractivity contribution is 7.99. The molecule has 0 spiro atoms. The Kier molecular flexibility index (Phi) is 3.09.